The van der Waals surface area contributed by atoms with E-state index in [0.29, 0.717) is 31.6 Å². The average Bonchev–Trinajstić information content (AvgIpc) is 3.00. The first-order valence-electron chi connectivity index (χ1n) is 12.2. The predicted octanol–water partition coefficient (Wildman–Crippen LogP) is 5.53. The van der Waals surface area contributed by atoms with Gasteiger partial charge in [-0.3, -0.25) is 4.79 Å². The largest absolute Gasteiger partial charge is 0.544 e. The molecule has 3 rings (SSSR count). The van der Waals surface area contributed by atoms with Crippen LogP contribution in [0.3, 0.4) is 0 Å². The molecule has 0 spiro atoms. The fourth-order valence-electron chi connectivity index (χ4n) is 3.79. The lowest BCUT2D eigenvalue weighted by atomic mass is 10.1. The molecule has 1 saturated heterocycles. The van der Waals surface area contributed by atoms with Gasteiger partial charge in [-0.05, 0) is 60.8 Å². The Morgan fingerprint density at radius 1 is 1.09 bits per heavy atom. The molecule has 0 unspecified atom stereocenters. The Kier molecular flexibility index (Phi) is 8.61. The first kappa shape index (κ1) is 26.8. The third kappa shape index (κ3) is 7.32. The number of hydrogen-bond donors (Lipinski definition) is 2. The fourth-order valence-corrected chi connectivity index (χ4v) is 4.83. The highest BCUT2D eigenvalue weighted by molar-refractivity contribution is 6.74. The highest BCUT2D eigenvalue weighted by Crippen LogP contribution is 2.37. The molecule has 2 aromatic rings. The van der Waals surface area contributed by atoms with Gasteiger partial charge in [-0.15, -0.1) is 0 Å². The zero-order valence-electron chi connectivity index (χ0n) is 21.4. The van der Waals surface area contributed by atoms with Gasteiger partial charge in [0.05, 0.1) is 18.8 Å². The molecule has 0 aliphatic carbocycles. The maximum absolute atomic E-state index is 13.1. The smallest absolute Gasteiger partial charge is 0.407 e. The summed E-state index contributed by atoms with van der Waals surface area (Å²) in [5, 5.41) is 12.7. The maximum atomic E-state index is 13.1. The minimum Gasteiger partial charge on any atom is -0.544 e. The number of carbonyl (C=O) groups excluding carboxylic acids is 1. The molecule has 0 bridgehead atoms. The zero-order chi connectivity index (χ0) is 25.6. The minimum absolute atomic E-state index is 0.0767. The maximum Gasteiger partial charge on any atom is 0.407 e. The van der Waals surface area contributed by atoms with Crippen molar-refractivity contribution in [2.45, 2.75) is 70.5 Å². The number of nitrogens with zero attached hydrogens (tertiary/aromatic N) is 1. The van der Waals surface area contributed by atoms with Crippen LogP contribution < -0.4 is 9.74 Å². The van der Waals surface area contributed by atoms with Gasteiger partial charge in [0, 0.05) is 18.7 Å². The van der Waals surface area contributed by atoms with Gasteiger partial charge >= 0.3 is 6.09 Å². The molecule has 2 aromatic carbocycles. The molecule has 190 valence electrons. The lowest BCUT2D eigenvalue weighted by Crippen LogP contribution is -2.50. The normalized spacial score (nSPS) is 19.1. The predicted molar refractivity (Wildman–Crippen MR) is 139 cm³/mol. The van der Waals surface area contributed by atoms with Crippen molar-refractivity contribution in [3.63, 3.8) is 0 Å². The van der Waals surface area contributed by atoms with E-state index in [4.69, 9.17) is 9.16 Å². The third-order valence-corrected chi connectivity index (χ3v) is 11.3. The summed E-state index contributed by atoms with van der Waals surface area (Å²) >= 11 is 0. The van der Waals surface area contributed by atoms with E-state index < -0.39 is 20.5 Å². The number of carboxylic acid groups (broad SMARTS) is 1. The van der Waals surface area contributed by atoms with Crippen LogP contribution in [0.5, 0.6) is 5.75 Å². The van der Waals surface area contributed by atoms with Gasteiger partial charge in [0.2, 0.25) is 8.32 Å². The summed E-state index contributed by atoms with van der Waals surface area (Å²) in [5.41, 5.74) is 1.54. The molecular formula is C27H38N2O5Si. The van der Waals surface area contributed by atoms with Crippen LogP contribution in [0.1, 0.15) is 49.5 Å². The summed E-state index contributed by atoms with van der Waals surface area (Å²) in [4.78, 5) is 26.1. The van der Waals surface area contributed by atoms with Gasteiger partial charge in [-0.25, -0.2) is 4.79 Å². The SMILES string of the molecule is CC(C)(C)[Si](C)(C)Oc1ccc(C(=O)N[C@@H]2CN(C(=O)O)CCC[C@H]2OCc2ccccc2)cc1. The molecule has 35 heavy (non-hydrogen) atoms. The van der Waals surface area contributed by atoms with E-state index in [9.17, 15) is 14.7 Å². The van der Waals surface area contributed by atoms with Crippen LogP contribution in [0.25, 0.3) is 0 Å². The number of likely N-dealkylation sites (tertiary alicyclic amines) is 1. The second-order valence-electron chi connectivity index (χ2n) is 10.7. The number of amides is 2. The van der Waals surface area contributed by atoms with Crippen molar-refractivity contribution in [2.75, 3.05) is 13.1 Å². The number of rotatable bonds is 7. The summed E-state index contributed by atoms with van der Waals surface area (Å²) in [5.74, 6) is 0.498. The Hall–Kier alpha value is -2.84. The second kappa shape index (κ2) is 11.3. The van der Waals surface area contributed by atoms with Crippen molar-refractivity contribution in [1.29, 1.82) is 0 Å². The van der Waals surface area contributed by atoms with Gasteiger partial charge in [-0.2, -0.15) is 0 Å². The molecule has 7 nitrogen and oxygen atoms in total. The third-order valence-electron chi connectivity index (χ3n) is 6.97. The van der Waals surface area contributed by atoms with Crippen molar-refractivity contribution in [3.05, 3.63) is 65.7 Å². The van der Waals surface area contributed by atoms with Gasteiger partial charge in [0.15, 0.2) is 0 Å². The zero-order valence-corrected chi connectivity index (χ0v) is 22.4. The summed E-state index contributed by atoms with van der Waals surface area (Å²) in [6.45, 7) is 11.9. The van der Waals surface area contributed by atoms with Gasteiger partial charge in [0.25, 0.3) is 5.91 Å². The van der Waals surface area contributed by atoms with Crippen molar-refractivity contribution in [2.24, 2.45) is 0 Å². The van der Waals surface area contributed by atoms with E-state index >= 15 is 0 Å². The Morgan fingerprint density at radius 3 is 2.34 bits per heavy atom. The van der Waals surface area contributed by atoms with Crippen LogP contribution in [0.15, 0.2) is 54.6 Å². The quantitative estimate of drug-likeness (QED) is 0.490. The second-order valence-corrected chi connectivity index (χ2v) is 15.4. The first-order chi connectivity index (χ1) is 16.5. The van der Waals surface area contributed by atoms with Crippen molar-refractivity contribution in [3.8, 4) is 5.75 Å². The van der Waals surface area contributed by atoms with Crippen molar-refractivity contribution < 1.29 is 23.9 Å². The highest BCUT2D eigenvalue weighted by atomic mass is 28.4. The Balaban J connectivity index is 1.70. The molecule has 2 atom stereocenters. The van der Waals surface area contributed by atoms with Crippen LogP contribution in [0.4, 0.5) is 4.79 Å². The van der Waals surface area contributed by atoms with E-state index in [-0.39, 0.29) is 23.6 Å². The fraction of sp³-hybridized carbons (Fsp3) is 0.481. The Morgan fingerprint density at radius 2 is 1.74 bits per heavy atom. The van der Waals surface area contributed by atoms with Crippen LogP contribution >= 0.6 is 0 Å². The Bertz CT molecular complexity index is 989. The summed E-state index contributed by atoms with van der Waals surface area (Å²) < 4.78 is 12.5. The molecule has 2 amide bonds. The van der Waals surface area contributed by atoms with E-state index in [2.05, 4.69) is 39.2 Å². The number of benzene rings is 2. The number of carbonyl (C=O) groups is 2. The summed E-state index contributed by atoms with van der Waals surface area (Å²) in [6, 6.07) is 16.5. The number of nitrogens with one attached hydrogen (secondary N) is 1. The lowest BCUT2D eigenvalue weighted by molar-refractivity contribution is 0.0107. The molecule has 1 aliphatic heterocycles. The van der Waals surface area contributed by atoms with E-state index in [1.54, 1.807) is 12.1 Å². The molecule has 0 saturated carbocycles. The minimum atomic E-state index is -1.97. The molecule has 0 aromatic heterocycles. The van der Waals surface area contributed by atoms with Gasteiger partial charge in [-0.1, -0.05) is 51.1 Å². The molecule has 2 N–H and O–H groups in total. The Labute approximate surface area is 209 Å². The van der Waals surface area contributed by atoms with E-state index in [1.165, 1.54) is 4.90 Å². The van der Waals surface area contributed by atoms with Crippen molar-refractivity contribution in [1.82, 2.24) is 10.2 Å². The first-order valence-corrected chi connectivity index (χ1v) is 15.1. The molecule has 1 heterocycles. The van der Waals surface area contributed by atoms with Crippen molar-refractivity contribution >= 4 is 20.3 Å². The topological polar surface area (TPSA) is 88.1 Å². The summed E-state index contributed by atoms with van der Waals surface area (Å²) in [6.07, 6.45) is 0.0724. The van der Waals surface area contributed by atoms with E-state index in [1.807, 2.05) is 42.5 Å². The highest BCUT2D eigenvalue weighted by Gasteiger charge is 2.39. The standard InChI is InChI=1S/C27H38N2O5Si/c1-27(2,3)35(4,5)34-22-15-13-21(14-16-22)25(30)28-23-18-29(26(31)32)17-9-12-24(23)33-19-20-10-7-6-8-11-20/h6-8,10-11,13-16,23-24H,9,12,17-19H2,1-5H3,(H,28,30)(H,31,32)/t23-,24-/m1/s1. The molecule has 1 aliphatic rings. The molecule has 0 radical (unpaired) electrons. The monoisotopic (exact) mass is 498 g/mol. The molecule has 8 heteroatoms. The van der Waals surface area contributed by atoms with Crippen LogP contribution in [-0.2, 0) is 11.3 Å². The number of hydrogen-bond acceptors (Lipinski definition) is 4. The number of ether oxygens (including phenoxy) is 1. The van der Waals surface area contributed by atoms with Crippen LogP contribution in [0.2, 0.25) is 18.1 Å². The lowest BCUT2D eigenvalue weighted by Gasteiger charge is -2.36. The van der Waals surface area contributed by atoms with Crippen LogP contribution in [0, 0.1) is 0 Å². The van der Waals surface area contributed by atoms with Gasteiger partial charge in [0.1, 0.15) is 5.75 Å². The van der Waals surface area contributed by atoms with Crippen LogP contribution in [-0.4, -0.2) is 55.6 Å². The summed E-state index contributed by atoms with van der Waals surface area (Å²) in [7, 11) is -1.97. The van der Waals surface area contributed by atoms with E-state index in [0.717, 1.165) is 11.3 Å². The molecule has 1 fully saturated rings. The molecular weight excluding hydrogens is 460 g/mol. The average molecular weight is 499 g/mol. The van der Waals surface area contributed by atoms with Gasteiger partial charge < -0.3 is 24.5 Å².